The van der Waals surface area contributed by atoms with Crippen molar-refractivity contribution in [1.82, 2.24) is 14.6 Å². The fourth-order valence-electron chi connectivity index (χ4n) is 3.13. The van der Waals surface area contributed by atoms with Crippen LogP contribution in [0.3, 0.4) is 0 Å². The van der Waals surface area contributed by atoms with Gasteiger partial charge in [0.1, 0.15) is 0 Å². The minimum absolute atomic E-state index is 0.0469. The first-order valence-electron chi connectivity index (χ1n) is 9.12. The van der Waals surface area contributed by atoms with Crippen LogP contribution in [0.4, 0.5) is 11.4 Å². The highest BCUT2D eigenvalue weighted by Crippen LogP contribution is 2.24. The van der Waals surface area contributed by atoms with Gasteiger partial charge in [-0.25, -0.2) is 4.52 Å². The van der Waals surface area contributed by atoms with Crippen LogP contribution in [-0.2, 0) is 0 Å². The number of carbonyl (C=O) groups excluding carboxylic acids is 1. The first kappa shape index (κ1) is 17.7. The smallest absolute Gasteiger partial charge is 0.257 e. The highest BCUT2D eigenvalue weighted by molar-refractivity contribution is 6.04. The second-order valence-electron chi connectivity index (χ2n) is 6.79. The molecule has 0 unspecified atom stereocenters. The average molecular weight is 371 g/mol. The van der Waals surface area contributed by atoms with Crippen molar-refractivity contribution in [2.75, 3.05) is 10.6 Å². The summed E-state index contributed by atoms with van der Waals surface area (Å²) < 4.78 is 1.83. The van der Waals surface area contributed by atoms with E-state index in [1.165, 1.54) is 0 Å². The van der Waals surface area contributed by atoms with E-state index in [9.17, 15) is 4.79 Å². The number of anilines is 2. The highest BCUT2D eigenvalue weighted by atomic mass is 16.1. The number of aromatic nitrogens is 3. The van der Waals surface area contributed by atoms with Crippen LogP contribution in [0.15, 0.2) is 73.3 Å². The van der Waals surface area contributed by atoms with Gasteiger partial charge in [-0.2, -0.15) is 5.10 Å². The Morgan fingerprint density at radius 3 is 2.82 bits per heavy atom. The summed E-state index contributed by atoms with van der Waals surface area (Å²) in [4.78, 5) is 16.6. The third-order valence-electron chi connectivity index (χ3n) is 4.58. The zero-order chi connectivity index (χ0) is 19.5. The Morgan fingerprint density at radius 2 is 1.96 bits per heavy atom. The SMILES string of the molecule is Cc1cncc(C(=O)Nc2cccc([C@H](C)Nc3cnn4ccccc34)c2)c1. The molecule has 3 heterocycles. The third-order valence-corrected chi connectivity index (χ3v) is 4.58. The number of hydrogen-bond donors (Lipinski definition) is 2. The second kappa shape index (κ2) is 7.52. The maximum Gasteiger partial charge on any atom is 0.257 e. The number of pyridine rings is 2. The summed E-state index contributed by atoms with van der Waals surface area (Å²) in [7, 11) is 0. The lowest BCUT2D eigenvalue weighted by Gasteiger charge is -2.16. The van der Waals surface area contributed by atoms with Gasteiger partial charge in [-0.15, -0.1) is 0 Å². The van der Waals surface area contributed by atoms with E-state index in [1.54, 1.807) is 12.4 Å². The molecule has 4 aromatic rings. The number of rotatable bonds is 5. The topological polar surface area (TPSA) is 71.3 Å². The molecule has 1 aromatic carbocycles. The molecular formula is C22H21N5O. The van der Waals surface area contributed by atoms with Crippen molar-refractivity contribution in [3.63, 3.8) is 0 Å². The van der Waals surface area contributed by atoms with Crippen molar-refractivity contribution in [3.8, 4) is 0 Å². The maximum atomic E-state index is 12.5. The van der Waals surface area contributed by atoms with Crippen LogP contribution in [0.5, 0.6) is 0 Å². The van der Waals surface area contributed by atoms with Gasteiger partial charge in [0, 0.05) is 30.3 Å². The van der Waals surface area contributed by atoms with Crippen molar-refractivity contribution in [2.24, 2.45) is 0 Å². The van der Waals surface area contributed by atoms with E-state index in [1.807, 2.05) is 72.4 Å². The third kappa shape index (κ3) is 3.71. The predicted octanol–water partition coefficient (Wildman–Crippen LogP) is 4.46. The minimum Gasteiger partial charge on any atom is -0.375 e. The van der Waals surface area contributed by atoms with Gasteiger partial charge in [-0.05, 0) is 55.3 Å². The molecule has 6 nitrogen and oxygen atoms in total. The fourth-order valence-corrected chi connectivity index (χ4v) is 3.13. The van der Waals surface area contributed by atoms with Crippen LogP contribution in [0.2, 0.25) is 0 Å². The van der Waals surface area contributed by atoms with Gasteiger partial charge in [0.25, 0.3) is 5.91 Å². The standard InChI is InChI=1S/C22H21N5O/c1-15-10-18(13-23-12-15)22(28)26-19-7-5-6-17(11-19)16(2)25-20-14-24-27-9-4-3-8-21(20)27/h3-14,16,25H,1-2H3,(H,26,28)/t16-/m0/s1. The normalized spacial score (nSPS) is 11.9. The van der Waals surface area contributed by atoms with E-state index in [4.69, 9.17) is 0 Å². The van der Waals surface area contributed by atoms with E-state index in [2.05, 4.69) is 27.6 Å². The fraction of sp³-hybridized carbons (Fsp3) is 0.136. The summed E-state index contributed by atoms with van der Waals surface area (Å²) in [5.41, 5.74) is 5.29. The highest BCUT2D eigenvalue weighted by Gasteiger charge is 2.11. The van der Waals surface area contributed by atoms with E-state index in [0.29, 0.717) is 5.56 Å². The molecule has 6 heteroatoms. The van der Waals surface area contributed by atoms with Gasteiger partial charge in [0.2, 0.25) is 0 Å². The van der Waals surface area contributed by atoms with Gasteiger partial charge in [-0.1, -0.05) is 18.2 Å². The summed E-state index contributed by atoms with van der Waals surface area (Å²) in [5.74, 6) is -0.170. The molecule has 0 aliphatic rings. The molecule has 0 bridgehead atoms. The molecule has 3 aromatic heterocycles. The largest absolute Gasteiger partial charge is 0.375 e. The van der Waals surface area contributed by atoms with Crippen LogP contribution in [-0.4, -0.2) is 20.5 Å². The van der Waals surface area contributed by atoms with Crippen molar-refractivity contribution in [2.45, 2.75) is 19.9 Å². The van der Waals surface area contributed by atoms with Gasteiger partial charge in [-0.3, -0.25) is 9.78 Å². The number of hydrogen-bond acceptors (Lipinski definition) is 4. The molecule has 0 aliphatic heterocycles. The Kier molecular flexibility index (Phi) is 4.76. The lowest BCUT2D eigenvalue weighted by molar-refractivity contribution is 0.102. The van der Waals surface area contributed by atoms with Gasteiger partial charge < -0.3 is 10.6 Å². The van der Waals surface area contributed by atoms with E-state index < -0.39 is 0 Å². The molecule has 0 aliphatic carbocycles. The van der Waals surface area contributed by atoms with E-state index in [-0.39, 0.29) is 11.9 Å². The molecule has 0 radical (unpaired) electrons. The summed E-state index contributed by atoms with van der Waals surface area (Å²) in [6.45, 7) is 4.00. The lowest BCUT2D eigenvalue weighted by Crippen LogP contribution is -2.13. The lowest BCUT2D eigenvalue weighted by atomic mass is 10.1. The van der Waals surface area contributed by atoms with Crippen LogP contribution >= 0.6 is 0 Å². The van der Waals surface area contributed by atoms with E-state index in [0.717, 1.165) is 28.0 Å². The molecule has 28 heavy (non-hydrogen) atoms. The quantitative estimate of drug-likeness (QED) is 0.543. The Labute approximate surface area is 163 Å². The van der Waals surface area contributed by atoms with Crippen LogP contribution in [0.25, 0.3) is 5.52 Å². The summed E-state index contributed by atoms with van der Waals surface area (Å²) in [6, 6.07) is 15.7. The second-order valence-corrected chi connectivity index (χ2v) is 6.79. The van der Waals surface area contributed by atoms with Crippen molar-refractivity contribution >= 4 is 22.8 Å². The molecule has 0 spiro atoms. The average Bonchev–Trinajstić information content (AvgIpc) is 3.11. The Hall–Kier alpha value is -3.67. The van der Waals surface area contributed by atoms with Crippen molar-refractivity contribution in [3.05, 3.63) is 90.0 Å². The number of amides is 1. The zero-order valence-electron chi connectivity index (χ0n) is 15.8. The molecule has 4 rings (SSSR count). The van der Waals surface area contributed by atoms with Crippen LogP contribution in [0.1, 0.15) is 34.5 Å². The number of nitrogens with zero attached hydrogens (tertiary/aromatic N) is 3. The molecule has 2 N–H and O–H groups in total. The van der Waals surface area contributed by atoms with Crippen LogP contribution < -0.4 is 10.6 Å². The molecule has 0 saturated heterocycles. The molecule has 1 amide bonds. The molecule has 1 atom stereocenters. The Morgan fingerprint density at radius 1 is 1.07 bits per heavy atom. The first-order chi connectivity index (χ1) is 13.6. The molecule has 0 saturated carbocycles. The Bertz CT molecular complexity index is 1130. The maximum absolute atomic E-state index is 12.5. The molecule has 0 fully saturated rings. The number of aryl methyl sites for hydroxylation is 1. The monoisotopic (exact) mass is 371 g/mol. The van der Waals surface area contributed by atoms with Gasteiger partial charge in [0.15, 0.2) is 0 Å². The first-order valence-corrected chi connectivity index (χ1v) is 9.12. The summed E-state index contributed by atoms with van der Waals surface area (Å²) in [6.07, 6.45) is 7.04. The number of benzene rings is 1. The number of fused-ring (bicyclic) bond motifs is 1. The molecule has 140 valence electrons. The summed E-state index contributed by atoms with van der Waals surface area (Å²) in [5, 5.41) is 10.8. The van der Waals surface area contributed by atoms with Gasteiger partial charge in [0.05, 0.1) is 23.0 Å². The van der Waals surface area contributed by atoms with Crippen LogP contribution in [0, 0.1) is 6.92 Å². The number of carbonyl (C=O) groups is 1. The Balaban J connectivity index is 1.50. The molecular weight excluding hydrogens is 350 g/mol. The minimum atomic E-state index is -0.170. The van der Waals surface area contributed by atoms with E-state index >= 15 is 0 Å². The van der Waals surface area contributed by atoms with Crippen molar-refractivity contribution < 1.29 is 4.79 Å². The van der Waals surface area contributed by atoms with Gasteiger partial charge >= 0.3 is 0 Å². The number of nitrogens with one attached hydrogen (secondary N) is 2. The van der Waals surface area contributed by atoms with Crippen molar-refractivity contribution in [1.29, 1.82) is 0 Å². The summed E-state index contributed by atoms with van der Waals surface area (Å²) >= 11 is 0. The zero-order valence-corrected chi connectivity index (χ0v) is 15.8. The predicted molar refractivity (Wildman–Crippen MR) is 111 cm³/mol.